The van der Waals surface area contributed by atoms with Crippen LogP contribution in [0.3, 0.4) is 0 Å². The van der Waals surface area contributed by atoms with Crippen molar-refractivity contribution in [2.24, 2.45) is 33.7 Å². The molecule has 1 rings (SSSR count). The number of carbonyl (C=O) groups is 4. The van der Waals surface area contributed by atoms with Gasteiger partial charge in [-0.15, -0.1) is 0 Å². The summed E-state index contributed by atoms with van der Waals surface area (Å²) in [7, 11) is 0. The van der Waals surface area contributed by atoms with Crippen LogP contribution in [-0.2, 0) is 25.6 Å². The maximum Gasteiger partial charge on any atom is 0.326 e. The quantitative estimate of drug-likeness (QED) is 0.0459. The number of hydrogen-bond donors (Lipinski definition) is 9. The third kappa shape index (κ3) is 15.0. The lowest BCUT2D eigenvalue weighted by atomic mass is 10.0. The van der Waals surface area contributed by atoms with Crippen LogP contribution in [0.1, 0.15) is 56.9 Å². The van der Waals surface area contributed by atoms with Gasteiger partial charge in [0.2, 0.25) is 17.7 Å². The summed E-state index contributed by atoms with van der Waals surface area (Å²) in [6.07, 6.45) is 3.66. The Bertz CT molecular complexity index is 973. The summed E-state index contributed by atoms with van der Waals surface area (Å²) in [4.78, 5) is 55.2. The van der Waals surface area contributed by atoms with E-state index in [9.17, 15) is 24.3 Å². The molecule has 1 aromatic carbocycles. The number of rotatable bonds is 21. The van der Waals surface area contributed by atoms with Crippen molar-refractivity contribution in [2.45, 2.75) is 82.0 Å². The number of nitrogens with one attached hydrogen (secondary N) is 3. The Morgan fingerprint density at radius 1 is 0.732 bits per heavy atom. The summed E-state index contributed by atoms with van der Waals surface area (Å²) in [6.45, 7) is 1.08. The van der Waals surface area contributed by atoms with Crippen molar-refractivity contribution in [2.75, 3.05) is 19.6 Å². The average molecular weight is 578 g/mol. The molecule has 3 amide bonds. The molecule has 4 atom stereocenters. The molecule has 4 unspecified atom stereocenters. The average Bonchev–Trinajstić information content (AvgIpc) is 2.93. The number of benzene rings is 1. The molecular formula is C27H47N9O5. The minimum atomic E-state index is -1.20. The summed E-state index contributed by atoms with van der Waals surface area (Å²) >= 11 is 0. The standard InChI is InChI=1S/C27H47N9O5/c28-14-6-4-11-19(30)23(37)36-22(17-18-9-2-1-3-10-18)25(39)34-20(13-8-16-33-27(31)32)24(38)35-21(26(40)41)12-5-7-15-29/h1-3,9-10,19-22H,4-8,11-17,28-30H2,(H,34,39)(H,35,38)(H,36,37)(H,40,41)(H4,31,32,33). The van der Waals surface area contributed by atoms with Gasteiger partial charge in [0, 0.05) is 13.0 Å². The number of carboxylic acids is 1. The molecule has 14 heteroatoms. The van der Waals surface area contributed by atoms with Gasteiger partial charge in [-0.05, 0) is 63.6 Å². The molecule has 0 aliphatic rings. The number of hydrogen-bond acceptors (Lipinski definition) is 8. The highest BCUT2D eigenvalue weighted by molar-refractivity contribution is 5.94. The zero-order valence-electron chi connectivity index (χ0n) is 23.6. The first-order chi connectivity index (χ1) is 19.6. The Morgan fingerprint density at radius 2 is 1.27 bits per heavy atom. The highest BCUT2D eigenvalue weighted by Gasteiger charge is 2.30. The molecule has 0 bridgehead atoms. The van der Waals surface area contributed by atoms with Gasteiger partial charge in [-0.1, -0.05) is 36.8 Å². The molecule has 230 valence electrons. The van der Waals surface area contributed by atoms with E-state index >= 15 is 0 Å². The molecule has 14 N–H and O–H groups in total. The molecule has 0 aliphatic carbocycles. The van der Waals surface area contributed by atoms with E-state index in [1.165, 1.54) is 0 Å². The minimum absolute atomic E-state index is 0.116. The highest BCUT2D eigenvalue weighted by Crippen LogP contribution is 2.08. The monoisotopic (exact) mass is 577 g/mol. The summed E-state index contributed by atoms with van der Waals surface area (Å²) in [5.41, 5.74) is 28.6. The van der Waals surface area contributed by atoms with Gasteiger partial charge < -0.3 is 49.7 Å². The first-order valence-electron chi connectivity index (χ1n) is 14.0. The first-order valence-corrected chi connectivity index (χ1v) is 14.0. The second-order valence-corrected chi connectivity index (χ2v) is 9.84. The van der Waals surface area contributed by atoms with Crippen LogP contribution in [0.5, 0.6) is 0 Å². The van der Waals surface area contributed by atoms with E-state index < -0.39 is 47.9 Å². The lowest BCUT2D eigenvalue weighted by Crippen LogP contribution is -2.57. The number of guanidine groups is 1. The highest BCUT2D eigenvalue weighted by atomic mass is 16.4. The number of nitrogens with zero attached hydrogens (tertiary/aromatic N) is 1. The van der Waals surface area contributed by atoms with Crippen LogP contribution in [0, 0.1) is 0 Å². The van der Waals surface area contributed by atoms with Crippen LogP contribution in [0.2, 0.25) is 0 Å². The van der Waals surface area contributed by atoms with Gasteiger partial charge in [-0.2, -0.15) is 0 Å². The summed E-state index contributed by atoms with van der Waals surface area (Å²) in [5.74, 6) is -3.11. The fourth-order valence-corrected chi connectivity index (χ4v) is 4.04. The lowest BCUT2D eigenvalue weighted by molar-refractivity contribution is -0.142. The van der Waals surface area contributed by atoms with Crippen molar-refractivity contribution < 1.29 is 24.3 Å². The van der Waals surface area contributed by atoms with Crippen LogP contribution < -0.4 is 44.6 Å². The molecule has 0 radical (unpaired) electrons. The van der Waals surface area contributed by atoms with E-state index in [0.29, 0.717) is 45.2 Å². The van der Waals surface area contributed by atoms with Crippen molar-refractivity contribution in [3.8, 4) is 0 Å². The van der Waals surface area contributed by atoms with E-state index in [0.717, 1.165) is 12.0 Å². The molecule has 0 aromatic heterocycles. The third-order valence-corrected chi connectivity index (χ3v) is 6.36. The molecule has 0 aliphatic heterocycles. The lowest BCUT2D eigenvalue weighted by Gasteiger charge is -2.25. The number of amides is 3. The van der Waals surface area contributed by atoms with Gasteiger partial charge in [0.25, 0.3) is 0 Å². The number of nitrogens with two attached hydrogens (primary N) is 5. The fraction of sp³-hybridized carbons (Fsp3) is 0.593. The molecule has 0 spiro atoms. The summed E-state index contributed by atoms with van der Waals surface area (Å²) in [6, 6.07) is 4.92. The maximum atomic E-state index is 13.5. The van der Waals surface area contributed by atoms with Gasteiger partial charge >= 0.3 is 5.97 Å². The maximum absolute atomic E-state index is 13.5. The smallest absolute Gasteiger partial charge is 0.326 e. The Hall–Kier alpha value is -3.75. The Balaban J connectivity index is 3.10. The normalized spacial score (nSPS) is 13.7. The number of unbranched alkanes of at least 4 members (excludes halogenated alkanes) is 2. The van der Waals surface area contributed by atoms with E-state index in [1.807, 2.05) is 18.2 Å². The topological polar surface area (TPSA) is 267 Å². The van der Waals surface area contributed by atoms with Crippen LogP contribution in [0.25, 0.3) is 0 Å². The van der Waals surface area contributed by atoms with Crippen molar-refractivity contribution in [1.82, 2.24) is 16.0 Å². The molecule has 0 saturated carbocycles. The van der Waals surface area contributed by atoms with E-state index in [4.69, 9.17) is 28.7 Å². The Labute approximate surface area is 241 Å². The van der Waals surface area contributed by atoms with E-state index in [1.54, 1.807) is 12.1 Å². The SMILES string of the molecule is NCCCCC(N)C(=O)NC(Cc1ccccc1)C(=O)NC(CCCN=C(N)N)C(=O)NC(CCCCN)C(=O)O. The van der Waals surface area contributed by atoms with Crippen molar-refractivity contribution in [3.63, 3.8) is 0 Å². The van der Waals surface area contributed by atoms with Gasteiger partial charge in [-0.3, -0.25) is 19.4 Å². The van der Waals surface area contributed by atoms with Crippen LogP contribution in [-0.4, -0.2) is 78.6 Å². The number of carboxylic acid groups (broad SMARTS) is 1. The first kappa shape index (κ1) is 35.3. The molecule has 0 saturated heterocycles. The number of aliphatic carboxylic acids is 1. The molecule has 41 heavy (non-hydrogen) atoms. The molecular weight excluding hydrogens is 530 g/mol. The largest absolute Gasteiger partial charge is 0.480 e. The summed E-state index contributed by atoms with van der Waals surface area (Å²) in [5, 5.41) is 17.5. The molecule has 0 heterocycles. The molecule has 0 fully saturated rings. The van der Waals surface area contributed by atoms with Crippen LogP contribution in [0.15, 0.2) is 35.3 Å². The van der Waals surface area contributed by atoms with Crippen LogP contribution in [0.4, 0.5) is 0 Å². The predicted molar refractivity (Wildman–Crippen MR) is 157 cm³/mol. The van der Waals surface area contributed by atoms with E-state index in [-0.39, 0.29) is 31.8 Å². The second kappa shape index (κ2) is 20.2. The van der Waals surface area contributed by atoms with Gasteiger partial charge in [-0.25, -0.2) is 4.79 Å². The second-order valence-electron chi connectivity index (χ2n) is 9.84. The Morgan fingerprint density at radius 3 is 1.85 bits per heavy atom. The van der Waals surface area contributed by atoms with Crippen molar-refractivity contribution in [1.29, 1.82) is 0 Å². The minimum Gasteiger partial charge on any atom is -0.480 e. The van der Waals surface area contributed by atoms with Crippen molar-refractivity contribution in [3.05, 3.63) is 35.9 Å². The van der Waals surface area contributed by atoms with Gasteiger partial charge in [0.15, 0.2) is 5.96 Å². The predicted octanol–water partition coefficient (Wildman–Crippen LogP) is -1.59. The Kier molecular flexibility index (Phi) is 17.4. The van der Waals surface area contributed by atoms with E-state index in [2.05, 4.69) is 20.9 Å². The van der Waals surface area contributed by atoms with Gasteiger partial charge in [0.05, 0.1) is 6.04 Å². The van der Waals surface area contributed by atoms with Crippen LogP contribution >= 0.6 is 0 Å². The zero-order chi connectivity index (χ0) is 30.6. The fourth-order valence-electron chi connectivity index (χ4n) is 4.04. The molecule has 1 aromatic rings. The zero-order valence-corrected chi connectivity index (χ0v) is 23.6. The number of aliphatic imine (C=N–C) groups is 1. The van der Waals surface area contributed by atoms with Crippen molar-refractivity contribution >= 4 is 29.7 Å². The third-order valence-electron chi connectivity index (χ3n) is 6.36. The summed E-state index contributed by atoms with van der Waals surface area (Å²) < 4.78 is 0. The molecule has 14 nitrogen and oxygen atoms in total. The number of carbonyl (C=O) groups excluding carboxylic acids is 3. The van der Waals surface area contributed by atoms with Gasteiger partial charge in [0.1, 0.15) is 18.1 Å².